The summed E-state index contributed by atoms with van der Waals surface area (Å²) in [6, 6.07) is 6.51. The molecule has 0 N–H and O–H groups in total. The minimum Gasteiger partial charge on any atom is -0.338 e. The normalized spacial score (nSPS) is 25.7. The van der Waals surface area contributed by atoms with Crippen molar-refractivity contribution in [3.05, 3.63) is 35.6 Å². The van der Waals surface area contributed by atoms with Gasteiger partial charge in [0.15, 0.2) is 0 Å². The van der Waals surface area contributed by atoms with Crippen LogP contribution in [0.15, 0.2) is 24.3 Å². The van der Waals surface area contributed by atoms with E-state index in [2.05, 4.69) is 18.7 Å². The molecule has 2 fully saturated rings. The van der Waals surface area contributed by atoms with Crippen LogP contribution < -0.4 is 0 Å². The first-order valence-corrected chi connectivity index (χ1v) is 8.75. The van der Waals surface area contributed by atoms with Crippen molar-refractivity contribution in [3.8, 4) is 0 Å². The molecule has 0 aromatic heterocycles. The summed E-state index contributed by atoms with van der Waals surface area (Å²) in [6.07, 6.45) is 3.07. The van der Waals surface area contributed by atoms with E-state index in [1.165, 1.54) is 12.1 Å². The first-order chi connectivity index (χ1) is 11.0. The molecule has 1 atom stereocenters. The molecule has 1 aromatic carbocycles. The Hall–Kier alpha value is -1.42. The van der Waals surface area contributed by atoms with E-state index in [0.29, 0.717) is 18.4 Å². The van der Waals surface area contributed by atoms with E-state index in [-0.39, 0.29) is 11.2 Å². The molecule has 0 unspecified atom stereocenters. The van der Waals surface area contributed by atoms with Gasteiger partial charge < -0.3 is 9.80 Å². The summed E-state index contributed by atoms with van der Waals surface area (Å²) in [5, 5.41) is 0. The first-order valence-electron chi connectivity index (χ1n) is 8.75. The highest BCUT2D eigenvalue weighted by molar-refractivity contribution is 5.84. The zero-order chi connectivity index (χ0) is 16.4. The van der Waals surface area contributed by atoms with Crippen LogP contribution in [0.25, 0.3) is 0 Å². The zero-order valence-corrected chi connectivity index (χ0v) is 14.2. The molecule has 126 valence electrons. The average Bonchev–Trinajstić information content (AvgIpc) is 2.89. The number of benzene rings is 1. The molecule has 1 aromatic rings. The lowest BCUT2D eigenvalue weighted by Gasteiger charge is -2.39. The second kappa shape index (κ2) is 6.60. The molecule has 0 radical (unpaired) electrons. The SMILES string of the molecule is CC(C)CN1CC[C@@]2(CCCN(Cc3ccc(F)cc3)C2=O)C1. The smallest absolute Gasteiger partial charge is 0.230 e. The Bertz CT molecular complexity index is 557. The Morgan fingerprint density at radius 2 is 1.91 bits per heavy atom. The minimum absolute atomic E-state index is 0.173. The summed E-state index contributed by atoms with van der Waals surface area (Å²) in [6.45, 7) is 8.90. The van der Waals surface area contributed by atoms with Gasteiger partial charge in [-0.1, -0.05) is 26.0 Å². The number of halogens is 1. The lowest BCUT2D eigenvalue weighted by Crippen LogP contribution is -2.49. The fourth-order valence-electron chi connectivity index (χ4n) is 4.12. The standard InChI is InChI=1S/C19H27FN2O/c1-15(2)12-21-11-9-19(14-21)8-3-10-22(18(19)23)13-16-4-6-17(20)7-5-16/h4-7,15H,3,8-14H2,1-2H3/t19-/m0/s1. The van der Waals surface area contributed by atoms with Crippen LogP contribution in [0.2, 0.25) is 0 Å². The molecule has 1 spiro atoms. The molecule has 1 amide bonds. The van der Waals surface area contributed by atoms with Crippen LogP contribution in [-0.4, -0.2) is 41.9 Å². The Morgan fingerprint density at radius 1 is 1.17 bits per heavy atom. The molecule has 2 aliphatic heterocycles. The Balaban J connectivity index is 1.68. The average molecular weight is 318 g/mol. The molecule has 0 aliphatic carbocycles. The van der Waals surface area contributed by atoms with Gasteiger partial charge in [0.2, 0.25) is 5.91 Å². The number of carbonyl (C=O) groups is 1. The molecular weight excluding hydrogens is 291 g/mol. The number of amides is 1. The minimum atomic E-state index is -0.227. The van der Waals surface area contributed by atoms with Crippen molar-refractivity contribution in [2.75, 3.05) is 26.2 Å². The van der Waals surface area contributed by atoms with E-state index in [9.17, 15) is 9.18 Å². The highest BCUT2D eigenvalue weighted by Crippen LogP contribution is 2.40. The Morgan fingerprint density at radius 3 is 2.61 bits per heavy atom. The summed E-state index contributed by atoms with van der Waals surface area (Å²) in [5.74, 6) is 0.716. The van der Waals surface area contributed by atoms with Crippen molar-refractivity contribution in [1.82, 2.24) is 9.80 Å². The summed E-state index contributed by atoms with van der Waals surface area (Å²) < 4.78 is 13.0. The van der Waals surface area contributed by atoms with Crippen LogP contribution in [0, 0.1) is 17.2 Å². The number of hydrogen-bond donors (Lipinski definition) is 0. The molecule has 23 heavy (non-hydrogen) atoms. The molecular formula is C19H27FN2O. The second-order valence-electron chi connectivity index (χ2n) is 7.62. The Kier molecular flexibility index (Phi) is 4.72. The molecule has 2 aliphatic rings. The fourth-order valence-corrected chi connectivity index (χ4v) is 4.12. The molecule has 3 nitrogen and oxygen atoms in total. The lowest BCUT2D eigenvalue weighted by molar-refractivity contribution is -0.146. The molecule has 2 heterocycles. The third-order valence-electron chi connectivity index (χ3n) is 5.17. The summed E-state index contributed by atoms with van der Waals surface area (Å²) in [4.78, 5) is 17.5. The molecule has 0 saturated carbocycles. The third kappa shape index (κ3) is 3.57. The molecule has 4 heteroatoms. The third-order valence-corrected chi connectivity index (χ3v) is 5.17. The summed E-state index contributed by atoms with van der Waals surface area (Å²) in [7, 11) is 0. The van der Waals surface area contributed by atoms with Crippen LogP contribution in [0.3, 0.4) is 0 Å². The zero-order valence-electron chi connectivity index (χ0n) is 14.2. The monoisotopic (exact) mass is 318 g/mol. The highest BCUT2D eigenvalue weighted by Gasteiger charge is 2.48. The maximum absolute atomic E-state index is 13.1. The number of carbonyl (C=O) groups excluding carboxylic acids is 1. The fraction of sp³-hybridized carbons (Fsp3) is 0.632. The van der Waals surface area contributed by atoms with Gasteiger partial charge in [0.25, 0.3) is 0 Å². The lowest BCUT2D eigenvalue weighted by atomic mass is 9.78. The maximum atomic E-state index is 13.1. The van der Waals surface area contributed by atoms with Gasteiger partial charge in [-0.05, 0) is 49.4 Å². The number of hydrogen-bond acceptors (Lipinski definition) is 2. The summed E-state index contributed by atoms with van der Waals surface area (Å²) >= 11 is 0. The van der Waals surface area contributed by atoms with Crippen LogP contribution in [0.4, 0.5) is 4.39 Å². The van der Waals surface area contributed by atoms with Gasteiger partial charge >= 0.3 is 0 Å². The summed E-state index contributed by atoms with van der Waals surface area (Å²) in [5.41, 5.74) is 0.835. The maximum Gasteiger partial charge on any atom is 0.230 e. The van der Waals surface area contributed by atoms with Crippen molar-refractivity contribution >= 4 is 5.91 Å². The highest BCUT2D eigenvalue weighted by atomic mass is 19.1. The van der Waals surface area contributed by atoms with E-state index < -0.39 is 0 Å². The topological polar surface area (TPSA) is 23.6 Å². The van der Waals surface area contributed by atoms with Gasteiger partial charge in [0.1, 0.15) is 5.82 Å². The van der Waals surface area contributed by atoms with Crippen molar-refractivity contribution in [2.45, 2.75) is 39.7 Å². The van der Waals surface area contributed by atoms with Gasteiger partial charge in [0, 0.05) is 26.2 Å². The van der Waals surface area contributed by atoms with Crippen molar-refractivity contribution in [3.63, 3.8) is 0 Å². The quantitative estimate of drug-likeness (QED) is 0.850. The predicted molar refractivity (Wildman–Crippen MR) is 89.4 cm³/mol. The van der Waals surface area contributed by atoms with Crippen LogP contribution in [-0.2, 0) is 11.3 Å². The van der Waals surface area contributed by atoms with E-state index in [4.69, 9.17) is 0 Å². The van der Waals surface area contributed by atoms with Gasteiger partial charge in [-0.25, -0.2) is 4.39 Å². The van der Waals surface area contributed by atoms with Gasteiger partial charge in [-0.2, -0.15) is 0 Å². The molecule has 3 rings (SSSR count). The molecule has 0 bridgehead atoms. The Labute approximate surface area is 138 Å². The number of piperidine rings is 1. The van der Waals surface area contributed by atoms with Crippen LogP contribution >= 0.6 is 0 Å². The van der Waals surface area contributed by atoms with Gasteiger partial charge in [-0.3, -0.25) is 4.79 Å². The van der Waals surface area contributed by atoms with Crippen LogP contribution in [0.5, 0.6) is 0 Å². The van der Waals surface area contributed by atoms with E-state index in [1.54, 1.807) is 12.1 Å². The molecule has 2 saturated heterocycles. The number of likely N-dealkylation sites (tertiary alicyclic amines) is 2. The van der Waals surface area contributed by atoms with Crippen molar-refractivity contribution in [2.24, 2.45) is 11.3 Å². The van der Waals surface area contributed by atoms with E-state index in [0.717, 1.165) is 51.0 Å². The van der Waals surface area contributed by atoms with Gasteiger partial charge in [0.05, 0.1) is 5.41 Å². The van der Waals surface area contributed by atoms with E-state index in [1.807, 2.05) is 4.90 Å². The second-order valence-corrected chi connectivity index (χ2v) is 7.62. The predicted octanol–water partition coefficient (Wildman–Crippen LogP) is 3.30. The van der Waals surface area contributed by atoms with Crippen molar-refractivity contribution in [1.29, 1.82) is 0 Å². The van der Waals surface area contributed by atoms with E-state index >= 15 is 0 Å². The number of rotatable bonds is 4. The van der Waals surface area contributed by atoms with Crippen LogP contribution in [0.1, 0.15) is 38.7 Å². The largest absolute Gasteiger partial charge is 0.338 e. The number of nitrogens with zero attached hydrogens (tertiary/aromatic N) is 2. The first kappa shape index (κ1) is 16.4. The van der Waals surface area contributed by atoms with Gasteiger partial charge in [-0.15, -0.1) is 0 Å². The van der Waals surface area contributed by atoms with Crippen molar-refractivity contribution < 1.29 is 9.18 Å².